The van der Waals surface area contributed by atoms with E-state index < -0.39 is 10.0 Å². The number of hydrogen-bond acceptors (Lipinski definition) is 3. The highest BCUT2D eigenvalue weighted by Gasteiger charge is 2.25. The molecule has 0 saturated heterocycles. The van der Waals surface area contributed by atoms with Gasteiger partial charge in [0.25, 0.3) is 0 Å². The van der Waals surface area contributed by atoms with Gasteiger partial charge in [0.05, 0.1) is 5.75 Å². The quantitative estimate of drug-likeness (QED) is 0.601. The lowest BCUT2D eigenvalue weighted by Gasteiger charge is -2.13. The summed E-state index contributed by atoms with van der Waals surface area (Å²) in [5.74, 6) is 0.943. The molecule has 1 aliphatic rings. The molecule has 0 spiro atoms. The molecule has 1 rings (SSSR count). The maximum Gasteiger partial charge on any atom is 0.213 e. The summed E-state index contributed by atoms with van der Waals surface area (Å²) < 4.78 is 26.0. The lowest BCUT2D eigenvalue weighted by atomic mass is 10.2. The Labute approximate surface area is 99.2 Å². The fourth-order valence-electron chi connectivity index (χ4n) is 1.78. The topological polar surface area (TPSA) is 58.2 Å². The molecule has 5 heteroatoms. The van der Waals surface area contributed by atoms with Crippen molar-refractivity contribution < 1.29 is 8.42 Å². The summed E-state index contributed by atoms with van der Waals surface area (Å²) in [5.41, 5.74) is 0. The zero-order valence-corrected chi connectivity index (χ0v) is 11.1. The van der Waals surface area contributed by atoms with Gasteiger partial charge in [-0.05, 0) is 32.2 Å². The molecule has 1 fully saturated rings. The van der Waals surface area contributed by atoms with Gasteiger partial charge < -0.3 is 5.32 Å². The molecule has 0 aromatic carbocycles. The van der Waals surface area contributed by atoms with Crippen LogP contribution < -0.4 is 10.0 Å². The first kappa shape index (κ1) is 13.9. The molecule has 0 amide bonds. The number of hydrogen-bond donors (Lipinski definition) is 2. The number of rotatable bonds is 9. The summed E-state index contributed by atoms with van der Waals surface area (Å²) in [6.07, 6.45) is 4.56. The fourth-order valence-corrected chi connectivity index (χ4v) is 3.02. The van der Waals surface area contributed by atoms with Crippen LogP contribution in [0.5, 0.6) is 0 Å². The van der Waals surface area contributed by atoms with Gasteiger partial charge in [0.2, 0.25) is 10.0 Å². The Kier molecular flexibility index (Phi) is 5.72. The largest absolute Gasteiger partial charge is 0.316 e. The molecule has 1 aliphatic carbocycles. The minimum absolute atomic E-state index is 0.0867. The van der Waals surface area contributed by atoms with Crippen LogP contribution in [0.4, 0.5) is 0 Å². The number of sulfonamides is 1. The van der Waals surface area contributed by atoms with Gasteiger partial charge >= 0.3 is 0 Å². The molecule has 0 aliphatic heterocycles. The Hall–Kier alpha value is -0.130. The van der Waals surface area contributed by atoms with E-state index in [9.17, 15) is 8.42 Å². The van der Waals surface area contributed by atoms with Crippen molar-refractivity contribution in [1.82, 2.24) is 10.0 Å². The molecule has 1 unspecified atom stereocenters. The summed E-state index contributed by atoms with van der Waals surface area (Å²) in [6.45, 7) is 5.44. The van der Waals surface area contributed by atoms with Crippen LogP contribution in [0.2, 0.25) is 0 Å². The summed E-state index contributed by atoms with van der Waals surface area (Å²) in [5, 5.41) is 3.10. The molecule has 16 heavy (non-hydrogen) atoms. The zero-order chi connectivity index (χ0) is 12.0. The molecule has 1 atom stereocenters. The van der Waals surface area contributed by atoms with E-state index in [0.29, 0.717) is 6.54 Å². The standard InChI is InChI=1S/C11H24N2O2S/c1-3-6-12-7-8-16(14,15)13-10(2)9-11-4-5-11/h10-13H,3-9H2,1-2H3. The average molecular weight is 248 g/mol. The van der Waals surface area contributed by atoms with E-state index in [4.69, 9.17) is 0 Å². The van der Waals surface area contributed by atoms with Crippen molar-refractivity contribution in [2.45, 2.75) is 45.6 Å². The van der Waals surface area contributed by atoms with Crippen LogP contribution in [0.1, 0.15) is 39.5 Å². The third kappa shape index (κ3) is 6.45. The van der Waals surface area contributed by atoms with Crippen LogP contribution in [0, 0.1) is 5.92 Å². The Morgan fingerprint density at radius 3 is 2.56 bits per heavy atom. The molecule has 0 heterocycles. The van der Waals surface area contributed by atoms with Crippen LogP contribution in [0.25, 0.3) is 0 Å². The molecular formula is C11H24N2O2S. The summed E-state index contributed by atoms with van der Waals surface area (Å²) in [7, 11) is -3.09. The monoisotopic (exact) mass is 248 g/mol. The predicted octanol–water partition coefficient (Wildman–Crippen LogP) is 1.09. The molecule has 2 N–H and O–H groups in total. The maximum atomic E-state index is 11.7. The lowest BCUT2D eigenvalue weighted by molar-refractivity contribution is 0.527. The Morgan fingerprint density at radius 1 is 1.31 bits per heavy atom. The van der Waals surface area contributed by atoms with E-state index >= 15 is 0 Å². The zero-order valence-electron chi connectivity index (χ0n) is 10.3. The van der Waals surface area contributed by atoms with E-state index in [1.165, 1.54) is 12.8 Å². The van der Waals surface area contributed by atoms with Crippen molar-refractivity contribution in [3.63, 3.8) is 0 Å². The van der Waals surface area contributed by atoms with E-state index in [2.05, 4.69) is 17.0 Å². The van der Waals surface area contributed by atoms with Crippen molar-refractivity contribution in [3.8, 4) is 0 Å². The van der Waals surface area contributed by atoms with Gasteiger partial charge in [-0.1, -0.05) is 19.8 Å². The normalized spacial score (nSPS) is 18.6. The smallest absolute Gasteiger partial charge is 0.213 e. The highest BCUT2D eigenvalue weighted by atomic mass is 32.2. The van der Waals surface area contributed by atoms with Crippen molar-refractivity contribution in [1.29, 1.82) is 0 Å². The van der Waals surface area contributed by atoms with E-state index in [1.54, 1.807) is 0 Å². The highest BCUT2D eigenvalue weighted by Crippen LogP contribution is 2.33. The summed E-state index contributed by atoms with van der Waals surface area (Å²) in [6, 6.07) is 0.0867. The van der Waals surface area contributed by atoms with Gasteiger partial charge in [-0.3, -0.25) is 0 Å². The van der Waals surface area contributed by atoms with Gasteiger partial charge in [-0.15, -0.1) is 0 Å². The van der Waals surface area contributed by atoms with E-state index in [-0.39, 0.29) is 11.8 Å². The third-order valence-corrected chi connectivity index (χ3v) is 4.24. The lowest BCUT2D eigenvalue weighted by Crippen LogP contribution is -2.37. The molecule has 4 nitrogen and oxygen atoms in total. The van der Waals surface area contributed by atoms with Gasteiger partial charge in [-0.25, -0.2) is 13.1 Å². The average Bonchev–Trinajstić information content (AvgIpc) is 2.95. The SMILES string of the molecule is CCCNCCS(=O)(=O)NC(C)CC1CC1. The maximum absolute atomic E-state index is 11.7. The molecule has 0 aromatic rings. The minimum atomic E-state index is -3.09. The van der Waals surface area contributed by atoms with Crippen molar-refractivity contribution in [3.05, 3.63) is 0 Å². The fraction of sp³-hybridized carbons (Fsp3) is 1.00. The van der Waals surface area contributed by atoms with E-state index in [1.807, 2.05) is 6.92 Å². The Bertz CT molecular complexity index is 286. The van der Waals surface area contributed by atoms with Crippen molar-refractivity contribution in [2.75, 3.05) is 18.8 Å². The molecule has 0 bridgehead atoms. The van der Waals surface area contributed by atoms with Gasteiger partial charge in [0.15, 0.2) is 0 Å². The second kappa shape index (κ2) is 6.57. The second-order valence-electron chi connectivity index (χ2n) is 4.77. The first-order chi connectivity index (χ1) is 7.53. The predicted molar refractivity (Wildman–Crippen MR) is 66.9 cm³/mol. The van der Waals surface area contributed by atoms with E-state index in [0.717, 1.165) is 25.3 Å². The first-order valence-electron chi connectivity index (χ1n) is 6.24. The second-order valence-corrected chi connectivity index (χ2v) is 6.64. The molecule has 0 aromatic heterocycles. The highest BCUT2D eigenvalue weighted by molar-refractivity contribution is 7.89. The van der Waals surface area contributed by atoms with Gasteiger partial charge in [0, 0.05) is 12.6 Å². The molecule has 0 radical (unpaired) electrons. The van der Waals surface area contributed by atoms with Crippen LogP contribution in [0.3, 0.4) is 0 Å². The summed E-state index contributed by atoms with van der Waals surface area (Å²) >= 11 is 0. The number of nitrogens with one attached hydrogen (secondary N) is 2. The van der Waals surface area contributed by atoms with Gasteiger partial charge in [-0.2, -0.15) is 0 Å². The molecular weight excluding hydrogens is 224 g/mol. The van der Waals surface area contributed by atoms with Crippen LogP contribution in [0.15, 0.2) is 0 Å². The van der Waals surface area contributed by atoms with Crippen molar-refractivity contribution in [2.24, 2.45) is 5.92 Å². The van der Waals surface area contributed by atoms with Crippen LogP contribution in [-0.2, 0) is 10.0 Å². The van der Waals surface area contributed by atoms with Crippen LogP contribution in [-0.4, -0.2) is 33.3 Å². The minimum Gasteiger partial charge on any atom is -0.316 e. The third-order valence-electron chi connectivity index (χ3n) is 2.74. The van der Waals surface area contributed by atoms with Crippen LogP contribution >= 0.6 is 0 Å². The summed E-state index contributed by atoms with van der Waals surface area (Å²) in [4.78, 5) is 0. The Balaban J connectivity index is 2.16. The van der Waals surface area contributed by atoms with Gasteiger partial charge in [0.1, 0.15) is 0 Å². The molecule has 1 saturated carbocycles. The molecule has 96 valence electrons. The Morgan fingerprint density at radius 2 is 2.00 bits per heavy atom. The first-order valence-corrected chi connectivity index (χ1v) is 7.89. The van der Waals surface area contributed by atoms with Crippen molar-refractivity contribution >= 4 is 10.0 Å².